The first-order valence-electron chi connectivity index (χ1n) is 9.15. The maximum atomic E-state index is 12.5. The first-order valence-corrected chi connectivity index (χ1v) is 9.15. The van der Waals surface area contributed by atoms with Crippen LogP contribution in [-0.4, -0.2) is 61.8 Å². The van der Waals surface area contributed by atoms with Crippen molar-refractivity contribution in [3.8, 4) is 0 Å². The van der Waals surface area contributed by atoms with E-state index in [0.717, 1.165) is 32.4 Å². The third-order valence-electron chi connectivity index (χ3n) is 5.46. The van der Waals surface area contributed by atoms with Crippen LogP contribution < -0.4 is 0 Å². The Morgan fingerprint density at radius 1 is 1.31 bits per heavy atom. The van der Waals surface area contributed by atoms with Gasteiger partial charge in [-0.2, -0.15) is 0 Å². The molecule has 8 heteroatoms. The summed E-state index contributed by atoms with van der Waals surface area (Å²) in [4.78, 5) is 36.8. The van der Waals surface area contributed by atoms with Crippen molar-refractivity contribution in [3.05, 3.63) is 37.1 Å². The minimum absolute atomic E-state index is 0.0826. The van der Waals surface area contributed by atoms with Crippen LogP contribution in [0, 0.1) is 5.92 Å². The molecule has 0 aliphatic carbocycles. The van der Waals surface area contributed by atoms with E-state index < -0.39 is 0 Å². The highest BCUT2D eigenvalue weighted by Crippen LogP contribution is 2.32. The number of fused-ring (bicyclic) bond motifs is 1. The maximum Gasteiger partial charge on any atom is 0.275 e. The largest absolute Gasteiger partial charge is 0.451 e. The molecule has 2 atom stereocenters. The van der Waals surface area contributed by atoms with Crippen LogP contribution in [0.2, 0.25) is 0 Å². The minimum atomic E-state index is -0.0826. The van der Waals surface area contributed by atoms with Crippen molar-refractivity contribution in [2.24, 2.45) is 5.92 Å². The fourth-order valence-corrected chi connectivity index (χ4v) is 4.15. The van der Waals surface area contributed by atoms with E-state index >= 15 is 0 Å². The topological polar surface area (TPSA) is 84.5 Å². The Morgan fingerprint density at radius 3 is 3.00 bits per heavy atom. The molecule has 2 saturated heterocycles. The fraction of sp³-hybridized carbons (Fsp3) is 0.556. The zero-order valence-electron chi connectivity index (χ0n) is 14.7. The van der Waals surface area contributed by atoms with Gasteiger partial charge in [-0.05, 0) is 25.2 Å². The van der Waals surface area contributed by atoms with Gasteiger partial charge in [-0.1, -0.05) is 0 Å². The molecular formula is C18H23N5O3. The fourth-order valence-electron chi connectivity index (χ4n) is 4.15. The first kappa shape index (κ1) is 16.8. The number of aryl methyl sites for hydroxylation is 1. The summed E-state index contributed by atoms with van der Waals surface area (Å²) in [5.74, 6) is 0.500. The Labute approximate surface area is 151 Å². The van der Waals surface area contributed by atoms with Gasteiger partial charge in [-0.3, -0.25) is 9.59 Å². The number of oxazole rings is 1. The lowest BCUT2D eigenvalue weighted by atomic mass is 9.83. The lowest BCUT2D eigenvalue weighted by Gasteiger charge is -2.47. The summed E-state index contributed by atoms with van der Waals surface area (Å²) in [5, 5.41) is 0. The number of nitrogens with zero attached hydrogens (tertiary/aromatic N) is 5. The van der Waals surface area contributed by atoms with Gasteiger partial charge in [0.1, 0.15) is 6.26 Å². The number of carbonyl (C=O) groups excluding carboxylic acids is 2. The molecule has 2 aliphatic heterocycles. The van der Waals surface area contributed by atoms with E-state index in [-0.39, 0.29) is 17.9 Å². The van der Waals surface area contributed by atoms with E-state index in [9.17, 15) is 9.59 Å². The molecule has 2 aromatic heterocycles. The molecule has 2 fully saturated rings. The number of carbonyl (C=O) groups is 2. The normalized spacial score (nSPS) is 23.2. The van der Waals surface area contributed by atoms with Gasteiger partial charge in [0, 0.05) is 51.0 Å². The zero-order valence-corrected chi connectivity index (χ0v) is 14.7. The number of hydrogen-bond donors (Lipinski definition) is 0. The van der Waals surface area contributed by atoms with Crippen LogP contribution in [0.5, 0.6) is 0 Å². The van der Waals surface area contributed by atoms with Crippen molar-refractivity contribution < 1.29 is 14.0 Å². The first-order chi connectivity index (χ1) is 12.7. The Hall–Kier alpha value is -2.64. The highest BCUT2D eigenvalue weighted by atomic mass is 16.3. The Bertz CT molecular complexity index is 743. The molecule has 8 nitrogen and oxygen atoms in total. The second-order valence-corrected chi connectivity index (χ2v) is 7.02. The van der Waals surface area contributed by atoms with Gasteiger partial charge < -0.3 is 18.8 Å². The number of aromatic nitrogens is 3. The van der Waals surface area contributed by atoms with Crippen LogP contribution in [0.1, 0.15) is 36.2 Å². The second-order valence-electron chi connectivity index (χ2n) is 7.02. The molecule has 26 heavy (non-hydrogen) atoms. The summed E-state index contributed by atoms with van der Waals surface area (Å²) in [5.41, 5.74) is 0.354. The Balaban J connectivity index is 1.36. The molecule has 2 amide bonds. The van der Waals surface area contributed by atoms with E-state index in [1.807, 2.05) is 20.6 Å². The SMILES string of the molecule is O=C(c1cocn1)N1CC[C@@H]2[C@@H](CCC(=O)N2CCCn2ccnc2)C1. The van der Waals surface area contributed by atoms with E-state index in [1.54, 1.807) is 12.5 Å². The van der Waals surface area contributed by atoms with Crippen molar-refractivity contribution in [1.82, 2.24) is 24.3 Å². The van der Waals surface area contributed by atoms with Gasteiger partial charge in [0.25, 0.3) is 5.91 Å². The van der Waals surface area contributed by atoms with Crippen LogP contribution >= 0.6 is 0 Å². The quantitative estimate of drug-likeness (QED) is 0.808. The highest BCUT2D eigenvalue weighted by Gasteiger charge is 2.40. The van der Waals surface area contributed by atoms with Gasteiger partial charge >= 0.3 is 0 Å². The number of amides is 2. The van der Waals surface area contributed by atoms with Crippen LogP contribution in [0.4, 0.5) is 0 Å². The molecule has 0 saturated carbocycles. The van der Waals surface area contributed by atoms with E-state index in [1.165, 1.54) is 12.7 Å². The number of piperidine rings is 2. The molecule has 0 aromatic carbocycles. The van der Waals surface area contributed by atoms with Crippen molar-refractivity contribution in [3.63, 3.8) is 0 Å². The average molecular weight is 357 g/mol. The van der Waals surface area contributed by atoms with Gasteiger partial charge in [-0.15, -0.1) is 0 Å². The summed E-state index contributed by atoms with van der Waals surface area (Å²) < 4.78 is 6.95. The standard InChI is InChI=1S/C18H23N5O3/c24-17-3-2-14-10-22(18(25)15-11-26-13-20-15)8-4-16(14)23(17)7-1-6-21-9-5-19-12-21/h5,9,11-14,16H,1-4,6-8,10H2/t14-,16+/m0/s1. The van der Waals surface area contributed by atoms with Crippen LogP contribution in [0.15, 0.2) is 35.8 Å². The van der Waals surface area contributed by atoms with E-state index in [0.29, 0.717) is 31.1 Å². The molecule has 0 radical (unpaired) electrons. The molecule has 0 N–H and O–H groups in total. The summed E-state index contributed by atoms with van der Waals surface area (Å²) in [6.45, 7) is 2.95. The third kappa shape index (κ3) is 3.36. The Morgan fingerprint density at radius 2 is 2.23 bits per heavy atom. The molecule has 2 aliphatic rings. The molecular weight excluding hydrogens is 334 g/mol. The monoisotopic (exact) mass is 357 g/mol. The molecule has 0 spiro atoms. The number of hydrogen-bond acceptors (Lipinski definition) is 5. The zero-order chi connectivity index (χ0) is 17.9. The molecule has 0 bridgehead atoms. The lowest BCUT2D eigenvalue weighted by molar-refractivity contribution is -0.140. The number of imidazole rings is 1. The molecule has 4 heterocycles. The van der Waals surface area contributed by atoms with Crippen LogP contribution in [-0.2, 0) is 11.3 Å². The number of rotatable bonds is 5. The molecule has 138 valence electrons. The lowest BCUT2D eigenvalue weighted by Crippen LogP contribution is -2.57. The van der Waals surface area contributed by atoms with Crippen LogP contribution in [0.3, 0.4) is 0 Å². The summed E-state index contributed by atoms with van der Waals surface area (Å²) in [6.07, 6.45) is 11.3. The van der Waals surface area contributed by atoms with Crippen molar-refractivity contribution >= 4 is 11.8 Å². The Kier molecular flexibility index (Phi) is 4.73. The summed E-state index contributed by atoms with van der Waals surface area (Å²) in [7, 11) is 0. The predicted octanol–water partition coefficient (Wildman–Crippen LogP) is 1.41. The van der Waals surface area contributed by atoms with Crippen LogP contribution in [0.25, 0.3) is 0 Å². The van der Waals surface area contributed by atoms with Gasteiger partial charge in [0.05, 0.1) is 6.33 Å². The van der Waals surface area contributed by atoms with Gasteiger partial charge in [0.2, 0.25) is 5.91 Å². The number of likely N-dealkylation sites (tertiary alicyclic amines) is 2. The van der Waals surface area contributed by atoms with Crippen molar-refractivity contribution in [2.45, 2.75) is 38.3 Å². The summed E-state index contributed by atoms with van der Waals surface area (Å²) >= 11 is 0. The highest BCUT2D eigenvalue weighted by molar-refractivity contribution is 5.92. The van der Waals surface area contributed by atoms with Gasteiger partial charge in [-0.25, -0.2) is 9.97 Å². The van der Waals surface area contributed by atoms with Gasteiger partial charge in [0.15, 0.2) is 12.1 Å². The average Bonchev–Trinajstić information content (AvgIpc) is 3.36. The third-order valence-corrected chi connectivity index (χ3v) is 5.46. The molecule has 4 rings (SSSR count). The second kappa shape index (κ2) is 7.31. The molecule has 0 unspecified atom stereocenters. The smallest absolute Gasteiger partial charge is 0.275 e. The van der Waals surface area contributed by atoms with E-state index in [2.05, 4.69) is 9.97 Å². The minimum Gasteiger partial charge on any atom is -0.451 e. The van der Waals surface area contributed by atoms with E-state index in [4.69, 9.17) is 4.42 Å². The van der Waals surface area contributed by atoms with Crippen molar-refractivity contribution in [2.75, 3.05) is 19.6 Å². The van der Waals surface area contributed by atoms with Crippen molar-refractivity contribution in [1.29, 1.82) is 0 Å². The predicted molar refractivity (Wildman–Crippen MR) is 92.1 cm³/mol. The maximum absolute atomic E-state index is 12.5. The molecule has 2 aromatic rings. The summed E-state index contributed by atoms with van der Waals surface area (Å²) in [6, 6.07) is 0.236.